The topological polar surface area (TPSA) is 114 Å². The number of hydrogen-bond acceptors (Lipinski definition) is 7. The highest BCUT2D eigenvalue weighted by molar-refractivity contribution is 5.90. The summed E-state index contributed by atoms with van der Waals surface area (Å²) in [5.41, 5.74) is 4.07. The number of hydrogen-bond donors (Lipinski definition) is 2. The van der Waals surface area contributed by atoms with E-state index in [2.05, 4.69) is 31.6 Å². The van der Waals surface area contributed by atoms with E-state index in [1.165, 1.54) is 0 Å². The number of nitrogens with zero attached hydrogens (tertiary/aromatic N) is 5. The first-order valence-corrected chi connectivity index (χ1v) is 15.5. The third kappa shape index (κ3) is 8.95. The predicted octanol–water partition coefficient (Wildman–Crippen LogP) is 5.45. The molecular weight excluding hydrogens is 558 g/mol. The number of amides is 3. The molecule has 1 atom stereocenters. The largest absolute Gasteiger partial charge is 0.489 e. The molecule has 3 amide bonds. The number of urea groups is 1. The molecule has 2 N–H and O–H groups in total. The highest BCUT2D eigenvalue weighted by Gasteiger charge is 2.26. The second-order valence-electron chi connectivity index (χ2n) is 12.9. The highest BCUT2D eigenvalue weighted by Crippen LogP contribution is 2.24. The maximum Gasteiger partial charge on any atom is 0.407 e. The van der Waals surface area contributed by atoms with Crippen molar-refractivity contribution in [3.8, 4) is 11.4 Å². The van der Waals surface area contributed by atoms with Crippen LogP contribution in [0.25, 0.3) is 5.69 Å². The molecule has 236 valence electrons. The Kier molecular flexibility index (Phi) is 9.73. The number of pyridine rings is 1. The van der Waals surface area contributed by atoms with E-state index < -0.39 is 5.60 Å². The van der Waals surface area contributed by atoms with Gasteiger partial charge in [-0.15, -0.1) is 0 Å². The SMILES string of the molecule is Cc1ccc(OC2CCN(C(=O)Nc3cc(CN4CCC[C@H](NC(=O)OC(C)(C)C)C4)cc(-n4cnc(C)c4)c3)CC2)cn1. The lowest BCUT2D eigenvalue weighted by atomic mass is 10.0. The Bertz CT molecular complexity index is 1420. The number of rotatable bonds is 7. The number of alkyl carbamates (subject to hydrolysis) is 1. The Labute approximate surface area is 259 Å². The Morgan fingerprint density at radius 1 is 1.00 bits per heavy atom. The van der Waals surface area contributed by atoms with E-state index in [9.17, 15) is 9.59 Å². The summed E-state index contributed by atoms with van der Waals surface area (Å²) >= 11 is 0. The second-order valence-corrected chi connectivity index (χ2v) is 12.9. The number of nitrogens with one attached hydrogen (secondary N) is 2. The number of imidazole rings is 1. The number of carbonyl (C=O) groups excluding carboxylic acids is 2. The van der Waals surface area contributed by atoms with Crippen molar-refractivity contribution < 1.29 is 19.1 Å². The standard InChI is InChI=1S/C33H45N7O4/c1-23-8-9-30(18-34-23)43-29-10-13-39(14-11-29)31(41)36-27-15-25(16-28(17-27)40-19-24(2)35-22-40)20-38-12-6-7-26(21-38)37-32(42)44-33(3,4)5/h8-9,15-19,22,26,29H,6-7,10-14,20-21H2,1-5H3,(H,36,41)(H,37,42)/t26-/m0/s1. The summed E-state index contributed by atoms with van der Waals surface area (Å²) in [7, 11) is 0. The maximum absolute atomic E-state index is 13.4. The number of ether oxygens (including phenoxy) is 2. The molecule has 2 aliphatic rings. The van der Waals surface area contributed by atoms with Crippen LogP contribution in [-0.4, -0.2) is 80.4 Å². The fraction of sp³-hybridized carbons (Fsp3) is 0.515. The zero-order valence-corrected chi connectivity index (χ0v) is 26.5. The van der Waals surface area contributed by atoms with Gasteiger partial charge in [-0.1, -0.05) is 0 Å². The van der Waals surface area contributed by atoms with Gasteiger partial charge in [0.1, 0.15) is 17.5 Å². The third-order valence-corrected chi connectivity index (χ3v) is 7.79. The number of likely N-dealkylation sites (tertiary alicyclic amines) is 2. The first-order chi connectivity index (χ1) is 21.0. The molecule has 0 aliphatic carbocycles. The van der Waals surface area contributed by atoms with Crippen LogP contribution >= 0.6 is 0 Å². The van der Waals surface area contributed by atoms with Gasteiger partial charge in [0.25, 0.3) is 0 Å². The number of aromatic nitrogens is 3. The first kappa shape index (κ1) is 31.3. The third-order valence-electron chi connectivity index (χ3n) is 7.79. The second kappa shape index (κ2) is 13.7. The van der Waals surface area contributed by atoms with Crippen molar-refractivity contribution in [3.63, 3.8) is 0 Å². The number of aryl methyl sites for hydroxylation is 2. The van der Waals surface area contributed by atoms with E-state index in [0.717, 1.165) is 72.8 Å². The first-order valence-electron chi connectivity index (χ1n) is 15.5. The van der Waals surface area contributed by atoms with Crippen LogP contribution < -0.4 is 15.4 Å². The van der Waals surface area contributed by atoms with Gasteiger partial charge in [0, 0.05) is 68.3 Å². The summed E-state index contributed by atoms with van der Waals surface area (Å²) in [4.78, 5) is 38.6. The Morgan fingerprint density at radius 2 is 1.80 bits per heavy atom. The van der Waals surface area contributed by atoms with Crippen LogP contribution in [0, 0.1) is 13.8 Å². The van der Waals surface area contributed by atoms with E-state index in [1.54, 1.807) is 12.5 Å². The van der Waals surface area contributed by atoms with Gasteiger partial charge < -0.3 is 29.6 Å². The summed E-state index contributed by atoms with van der Waals surface area (Å²) < 4.78 is 13.5. The van der Waals surface area contributed by atoms with Gasteiger partial charge in [-0.05, 0) is 89.9 Å². The van der Waals surface area contributed by atoms with Crippen LogP contribution in [0.1, 0.15) is 63.4 Å². The van der Waals surface area contributed by atoms with Gasteiger partial charge in [-0.3, -0.25) is 9.88 Å². The molecule has 2 aliphatic heterocycles. The molecule has 2 fully saturated rings. The predicted molar refractivity (Wildman–Crippen MR) is 169 cm³/mol. The molecule has 11 heteroatoms. The summed E-state index contributed by atoms with van der Waals surface area (Å²) in [6, 6.07) is 9.93. The normalized spacial score (nSPS) is 18.1. The monoisotopic (exact) mass is 603 g/mol. The summed E-state index contributed by atoms with van der Waals surface area (Å²) in [6.45, 7) is 13.1. The Morgan fingerprint density at radius 3 is 2.48 bits per heavy atom. The van der Waals surface area contributed by atoms with Crippen LogP contribution in [0.15, 0.2) is 49.1 Å². The molecule has 0 saturated carbocycles. The van der Waals surface area contributed by atoms with Gasteiger partial charge in [0.05, 0.1) is 18.2 Å². The minimum absolute atomic E-state index is 0.0198. The number of carbonyl (C=O) groups is 2. The smallest absolute Gasteiger partial charge is 0.407 e. The Balaban J connectivity index is 1.22. The minimum Gasteiger partial charge on any atom is -0.489 e. The minimum atomic E-state index is -0.534. The van der Waals surface area contributed by atoms with Crippen molar-refractivity contribution in [3.05, 3.63) is 66.0 Å². The maximum atomic E-state index is 13.4. The zero-order chi connectivity index (χ0) is 31.3. The average Bonchev–Trinajstić information content (AvgIpc) is 3.40. The molecular formula is C33H45N7O4. The van der Waals surface area contributed by atoms with Crippen LogP contribution in [0.3, 0.4) is 0 Å². The van der Waals surface area contributed by atoms with Gasteiger partial charge >= 0.3 is 12.1 Å². The summed E-state index contributed by atoms with van der Waals surface area (Å²) in [5.74, 6) is 0.762. The van der Waals surface area contributed by atoms with E-state index in [0.29, 0.717) is 19.6 Å². The Hall–Kier alpha value is -4.12. The van der Waals surface area contributed by atoms with Crippen molar-refractivity contribution in [2.75, 3.05) is 31.5 Å². The molecule has 0 radical (unpaired) electrons. The lowest BCUT2D eigenvalue weighted by molar-refractivity contribution is 0.0470. The van der Waals surface area contributed by atoms with Crippen LogP contribution in [0.4, 0.5) is 15.3 Å². The number of benzene rings is 1. The van der Waals surface area contributed by atoms with Crippen molar-refractivity contribution >= 4 is 17.8 Å². The molecule has 2 aromatic heterocycles. The molecule has 44 heavy (non-hydrogen) atoms. The van der Waals surface area contributed by atoms with E-state index >= 15 is 0 Å². The van der Waals surface area contributed by atoms with Gasteiger partial charge in [-0.2, -0.15) is 0 Å². The van der Waals surface area contributed by atoms with Gasteiger partial charge in [-0.25, -0.2) is 14.6 Å². The summed E-state index contributed by atoms with van der Waals surface area (Å²) in [6.07, 6.45) is 8.59. The molecule has 3 aromatic rings. The fourth-order valence-electron chi connectivity index (χ4n) is 5.69. The number of piperidine rings is 2. The molecule has 0 unspecified atom stereocenters. The quantitative estimate of drug-likeness (QED) is 0.369. The van der Waals surface area contributed by atoms with E-state index in [1.807, 2.05) is 74.5 Å². The molecule has 0 bridgehead atoms. The molecule has 4 heterocycles. The molecule has 0 spiro atoms. The molecule has 1 aromatic carbocycles. The van der Waals surface area contributed by atoms with Crippen LogP contribution in [-0.2, 0) is 11.3 Å². The van der Waals surface area contributed by atoms with Crippen LogP contribution in [0.2, 0.25) is 0 Å². The lowest BCUT2D eigenvalue weighted by Crippen LogP contribution is -2.48. The zero-order valence-electron chi connectivity index (χ0n) is 26.5. The highest BCUT2D eigenvalue weighted by atomic mass is 16.6. The van der Waals surface area contributed by atoms with Crippen molar-refractivity contribution in [1.29, 1.82) is 0 Å². The van der Waals surface area contributed by atoms with Crippen LogP contribution in [0.5, 0.6) is 5.75 Å². The van der Waals surface area contributed by atoms with E-state index in [4.69, 9.17) is 9.47 Å². The fourth-order valence-corrected chi connectivity index (χ4v) is 5.69. The van der Waals surface area contributed by atoms with Gasteiger partial charge in [0.15, 0.2) is 0 Å². The van der Waals surface area contributed by atoms with Crippen molar-refractivity contribution in [2.24, 2.45) is 0 Å². The summed E-state index contributed by atoms with van der Waals surface area (Å²) in [5, 5.41) is 6.18. The van der Waals surface area contributed by atoms with E-state index in [-0.39, 0.29) is 24.3 Å². The molecule has 11 nitrogen and oxygen atoms in total. The average molecular weight is 604 g/mol. The van der Waals surface area contributed by atoms with Crippen molar-refractivity contribution in [2.45, 2.75) is 84.6 Å². The molecule has 2 saturated heterocycles. The molecule has 5 rings (SSSR count). The number of anilines is 1. The van der Waals surface area contributed by atoms with Gasteiger partial charge in [0.2, 0.25) is 0 Å². The van der Waals surface area contributed by atoms with Crippen molar-refractivity contribution in [1.82, 2.24) is 29.7 Å². The lowest BCUT2D eigenvalue weighted by Gasteiger charge is -2.34.